The highest BCUT2D eigenvalue weighted by Crippen LogP contribution is 2.39. The maximum Gasteiger partial charge on any atom is 0.342 e. The number of phenolic OH excluding ortho intramolecular Hbond substituents is 1. The molecule has 13 atom stereocenters. The number of ether oxygens (including phenoxy) is 7. The monoisotopic (exact) mass is 656 g/mol. The normalized spacial score (nSPS) is 39.2. The van der Waals surface area contributed by atoms with Gasteiger partial charge in [0.2, 0.25) is 12.6 Å². The number of cyclic esters (lactones) is 1. The van der Waals surface area contributed by atoms with Crippen LogP contribution < -0.4 is 4.74 Å². The third-order valence-electron chi connectivity index (χ3n) is 8.30. The summed E-state index contributed by atoms with van der Waals surface area (Å²) in [7, 11) is 0. The number of carbonyl (C=O) groups excluding carboxylic acids is 2. The predicted molar refractivity (Wildman–Crippen MR) is 146 cm³/mol. The van der Waals surface area contributed by atoms with E-state index in [0.717, 1.165) is 0 Å². The van der Waals surface area contributed by atoms with Crippen LogP contribution in [0.15, 0.2) is 42.7 Å². The quantitative estimate of drug-likeness (QED) is 0.0983. The molecule has 4 heterocycles. The van der Waals surface area contributed by atoms with Gasteiger partial charge in [-0.3, -0.25) is 0 Å². The number of aliphatic hydroxyl groups is 7. The maximum atomic E-state index is 12.9. The molecule has 0 unspecified atom stereocenters. The standard InChI is InChI=1S/C29H36O17/c1-2-11-12-6-7-40-26(39)14(12)9-42-27(11)46-29-24(37)22(35)20(33)17(45-29)10-41-25(38)13-4-3-5-15(18(13)31)43-28-23(36)21(34)19(32)16(8-30)44-28/h2-5,9,11-12,16-17,19-24,27-37H,1,6-8,10H2/t11-,12+,16-,17-,19-,20-,21+,22+,23-,24-,27+,28-,29+/m1/s1. The van der Waals surface area contributed by atoms with Crippen LogP contribution in [0.5, 0.6) is 11.5 Å². The van der Waals surface area contributed by atoms with Gasteiger partial charge >= 0.3 is 11.9 Å². The molecule has 17 heteroatoms. The van der Waals surface area contributed by atoms with E-state index in [0.29, 0.717) is 12.0 Å². The summed E-state index contributed by atoms with van der Waals surface area (Å²) in [6.45, 7) is 2.55. The van der Waals surface area contributed by atoms with Crippen molar-refractivity contribution in [3.8, 4) is 11.5 Å². The van der Waals surface area contributed by atoms with Crippen molar-refractivity contribution in [1.29, 1.82) is 0 Å². The second-order valence-corrected chi connectivity index (χ2v) is 11.1. The van der Waals surface area contributed by atoms with Gasteiger partial charge in [-0.05, 0) is 18.6 Å². The van der Waals surface area contributed by atoms with Crippen LogP contribution in [0.1, 0.15) is 16.8 Å². The molecule has 0 aliphatic carbocycles. The molecule has 0 saturated carbocycles. The first-order valence-corrected chi connectivity index (χ1v) is 14.4. The number of para-hydroxylation sites is 1. The van der Waals surface area contributed by atoms with E-state index in [9.17, 15) is 50.4 Å². The number of phenols is 1. The lowest BCUT2D eigenvalue weighted by atomic mass is 9.81. The Morgan fingerprint density at radius 2 is 1.61 bits per heavy atom. The van der Waals surface area contributed by atoms with Gasteiger partial charge in [-0.25, -0.2) is 9.59 Å². The van der Waals surface area contributed by atoms with Crippen molar-refractivity contribution in [3.05, 3.63) is 48.3 Å². The lowest BCUT2D eigenvalue weighted by Crippen LogP contribution is -2.60. The van der Waals surface area contributed by atoms with Crippen molar-refractivity contribution in [2.75, 3.05) is 19.8 Å². The number of fused-ring (bicyclic) bond motifs is 1. The van der Waals surface area contributed by atoms with Crippen molar-refractivity contribution in [2.45, 2.75) is 74.1 Å². The van der Waals surface area contributed by atoms with E-state index >= 15 is 0 Å². The Morgan fingerprint density at radius 1 is 0.935 bits per heavy atom. The number of carbonyl (C=O) groups is 2. The highest BCUT2D eigenvalue weighted by molar-refractivity contribution is 5.93. The highest BCUT2D eigenvalue weighted by Gasteiger charge is 2.49. The molecular weight excluding hydrogens is 620 g/mol. The summed E-state index contributed by atoms with van der Waals surface area (Å²) in [4.78, 5) is 25.0. The van der Waals surface area contributed by atoms with E-state index in [1.165, 1.54) is 30.5 Å². The van der Waals surface area contributed by atoms with Gasteiger partial charge in [-0.2, -0.15) is 0 Å². The minimum absolute atomic E-state index is 0.178. The highest BCUT2D eigenvalue weighted by atomic mass is 16.8. The van der Waals surface area contributed by atoms with E-state index in [4.69, 9.17) is 33.2 Å². The molecule has 4 aliphatic rings. The maximum absolute atomic E-state index is 12.9. The number of rotatable bonds is 9. The number of hydrogen-bond donors (Lipinski definition) is 8. The largest absolute Gasteiger partial charge is 0.504 e. The zero-order valence-electron chi connectivity index (χ0n) is 24.2. The Hall–Kier alpha value is -3.36. The van der Waals surface area contributed by atoms with Gasteiger partial charge in [-0.15, -0.1) is 6.58 Å². The van der Waals surface area contributed by atoms with Gasteiger partial charge < -0.3 is 74.0 Å². The fourth-order valence-corrected chi connectivity index (χ4v) is 5.63. The predicted octanol–water partition coefficient (Wildman–Crippen LogP) is -2.84. The Kier molecular flexibility index (Phi) is 10.5. The number of hydrogen-bond acceptors (Lipinski definition) is 17. The number of esters is 2. The van der Waals surface area contributed by atoms with E-state index in [-0.39, 0.29) is 18.3 Å². The van der Waals surface area contributed by atoms with Crippen molar-refractivity contribution < 1.29 is 83.6 Å². The topological polar surface area (TPSA) is 261 Å². The van der Waals surface area contributed by atoms with Gasteiger partial charge in [0.25, 0.3) is 0 Å². The minimum Gasteiger partial charge on any atom is -0.504 e. The second kappa shape index (κ2) is 14.2. The minimum atomic E-state index is -1.80. The first-order valence-electron chi connectivity index (χ1n) is 14.4. The second-order valence-electron chi connectivity index (χ2n) is 11.1. The molecule has 0 aromatic heterocycles. The van der Waals surface area contributed by atoms with Crippen molar-refractivity contribution in [3.63, 3.8) is 0 Å². The Labute approximate surface area is 261 Å². The molecule has 1 aromatic rings. The molecule has 0 amide bonds. The lowest BCUT2D eigenvalue weighted by molar-refractivity contribution is -0.339. The van der Waals surface area contributed by atoms with Crippen LogP contribution in [-0.4, -0.2) is 140 Å². The molecule has 3 saturated heterocycles. The van der Waals surface area contributed by atoms with Crippen LogP contribution in [0.2, 0.25) is 0 Å². The molecule has 5 rings (SSSR count). The zero-order chi connectivity index (χ0) is 33.3. The summed E-state index contributed by atoms with van der Waals surface area (Å²) in [6, 6.07) is 3.66. The Balaban J connectivity index is 1.23. The third-order valence-corrected chi connectivity index (χ3v) is 8.30. The average molecular weight is 657 g/mol. The molecular formula is C29H36O17. The molecule has 8 N–H and O–H groups in total. The smallest absolute Gasteiger partial charge is 0.342 e. The van der Waals surface area contributed by atoms with E-state index in [2.05, 4.69) is 6.58 Å². The number of aromatic hydroxyl groups is 1. The van der Waals surface area contributed by atoms with E-state index < -0.39 is 110 Å². The summed E-state index contributed by atoms with van der Waals surface area (Å²) < 4.78 is 37.9. The summed E-state index contributed by atoms with van der Waals surface area (Å²) in [5.41, 5.74) is -0.133. The molecule has 3 fully saturated rings. The zero-order valence-corrected chi connectivity index (χ0v) is 24.2. The summed E-state index contributed by atoms with van der Waals surface area (Å²) >= 11 is 0. The van der Waals surface area contributed by atoms with Gasteiger partial charge in [0.15, 0.2) is 17.8 Å². The molecule has 4 aliphatic heterocycles. The summed E-state index contributed by atoms with van der Waals surface area (Å²) in [5.74, 6) is -3.71. The first kappa shape index (κ1) is 34.0. The van der Waals surface area contributed by atoms with Crippen LogP contribution in [0.4, 0.5) is 0 Å². The first-order chi connectivity index (χ1) is 22.0. The van der Waals surface area contributed by atoms with Gasteiger partial charge in [-0.1, -0.05) is 12.1 Å². The SMILES string of the molecule is C=C[C@H]1[C@H](O[C@@H]2O[C@H](COC(=O)c3cccc(O[C@@H]4O[C@H](CO)[C@@H](O)[C@H](O)[C@H]4O)c3O)[C@@H](O)[C@H](O)[C@H]2O)OC=C2C(=O)OCC[C@H]21. The molecule has 46 heavy (non-hydrogen) atoms. The van der Waals surface area contributed by atoms with Crippen LogP contribution in [0.25, 0.3) is 0 Å². The molecule has 1 aromatic carbocycles. The molecule has 0 radical (unpaired) electrons. The fraction of sp³-hybridized carbons (Fsp3) is 0.586. The number of benzene rings is 1. The molecule has 0 spiro atoms. The van der Waals surface area contributed by atoms with Crippen molar-refractivity contribution in [2.24, 2.45) is 11.8 Å². The van der Waals surface area contributed by atoms with Crippen LogP contribution in [0, 0.1) is 11.8 Å². The average Bonchev–Trinajstić information content (AvgIpc) is 3.05. The number of aliphatic hydroxyl groups excluding tert-OH is 7. The third kappa shape index (κ3) is 6.56. The Bertz CT molecular complexity index is 1300. The van der Waals surface area contributed by atoms with Gasteiger partial charge in [0.05, 0.1) is 25.0 Å². The van der Waals surface area contributed by atoms with Crippen molar-refractivity contribution >= 4 is 11.9 Å². The molecule has 17 nitrogen and oxygen atoms in total. The van der Waals surface area contributed by atoms with Crippen LogP contribution in [-0.2, 0) is 33.2 Å². The van der Waals surface area contributed by atoms with Crippen LogP contribution >= 0.6 is 0 Å². The van der Waals surface area contributed by atoms with E-state index in [1.807, 2.05) is 0 Å². The summed E-state index contributed by atoms with van der Waals surface area (Å²) in [6.07, 6.45) is -14.3. The molecule has 254 valence electrons. The van der Waals surface area contributed by atoms with Crippen molar-refractivity contribution in [1.82, 2.24) is 0 Å². The molecule has 0 bridgehead atoms. The lowest BCUT2D eigenvalue weighted by Gasteiger charge is -2.43. The van der Waals surface area contributed by atoms with Gasteiger partial charge in [0, 0.05) is 11.8 Å². The fourth-order valence-electron chi connectivity index (χ4n) is 5.63. The summed E-state index contributed by atoms with van der Waals surface area (Å²) in [5, 5.41) is 81.8. The van der Waals surface area contributed by atoms with Crippen LogP contribution in [0.3, 0.4) is 0 Å². The Morgan fingerprint density at radius 3 is 2.30 bits per heavy atom. The van der Waals surface area contributed by atoms with E-state index in [1.54, 1.807) is 0 Å². The van der Waals surface area contributed by atoms with Gasteiger partial charge in [0.1, 0.15) is 61.0 Å².